The molecule has 13 heteroatoms. The van der Waals surface area contributed by atoms with E-state index in [1.807, 2.05) is 5.32 Å². The molecular formula is C24H21F5N4O4. The molecule has 1 unspecified atom stereocenters. The number of para-hydroxylation sites is 1. The Hall–Kier alpha value is -3.58. The van der Waals surface area contributed by atoms with Crippen LogP contribution in [0.2, 0.25) is 0 Å². The molecule has 196 valence electrons. The predicted octanol–water partition coefficient (Wildman–Crippen LogP) is 2.28. The van der Waals surface area contributed by atoms with Gasteiger partial charge in [0.25, 0.3) is 5.91 Å². The number of aliphatic hydroxyl groups is 2. The third-order valence-corrected chi connectivity index (χ3v) is 6.57. The van der Waals surface area contributed by atoms with Crippen molar-refractivity contribution in [1.29, 1.82) is 0 Å². The number of nitrogens with one attached hydrogen (secondary N) is 1. The van der Waals surface area contributed by atoms with Crippen molar-refractivity contribution in [3.05, 3.63) is 63.9 Å². The number of rotatable bonds is 5. The second-order valence-electron chi connectivity index (χ2n) is 9.22. The van der Waals surface area contributed by atoms with Crippen LogP contribution < -0.4 is 15.6 Å². The fourth-order valence-electron chi connectivity index (χ4n) is 4.49. The van der Waals surface area contributed by atoms with Crippen molar-refractivity contribution in [3.63, 3.8) is 0 Å². The fourth-order valence-corrected chi connectivity index (χ4v) is 4.49. The lowest BCUT2D eigenvalue weighted by Gasteiger charge is -2.22. The van der Waals surface area contributed by atoms with E-state index in [9.17, 15) is 41.8 Å². The number of pyridine rings is 2. The van der Waals surface area contributed by atoms with Gasteiger partial charge in [-0.25, -0.2) is 13.8 Å². The number of aromatic nitrogens is 2. The molecule has 37 heavy (non-hydrogen) atoms. The van der Waals surface area contributed by atoms with Crippen LogP contribution >= 0.6 is 0 Å². The number of benzene rings is 1. The molecule has 2 aliphatic rings. The van der Waals surface area contributed by atoms with E-state index >= 15 is 0 Å². The Bertz CT molecular complexity index is 1410. The van der Waals surface area contributed by atoms with Gasteiger partial charge in [0.1, 0.15) is 34.7 Å². The highest BCUT2D eigenvalue weighted by atomic mass is 19.4. The van der Waals surface area contributed by atoms with Gasteiger partial charge in [-0.1, -0.05) is 6.07 Å². The van der Waals surface area contributed by atoms with Gasteiger partial charge in [0.05, 0.1) is 17.6 Å². The number of aliphatic hydroxyl groups excluding tert-OH is 2. The van der Waals surface area contributed by atoms with Crippen LogP contribution in [-0.2, 0) is 0 Å². The van der Waals surface area contributed by atoms with E-state index < -0.39 is 64.6 Å². The zero-order chi connectivity index (χ0) is 26.6. The number of hydrogen-bond acceptors (Lipinski definition) is 6. The second kappa shape index (κ2) is 9.06. The van der Waals surface area contributed by atoms with E-state index in [0.717, 1.165) is 29.0 Å². The third kappa shape index (κ3) is 4.64. The Morgan fingerprint density at radius 2 is 1.68 bits per heavy atom. The van der Waals surface area contributed by atoms with Crippen LogP contribution in [0.5, 0.6) is 0 Å². The van der Waals surface area contributed by atoms with Crippen molar-refractivity contribution in [2.75, 3.05) is 18.0 Å². The van der Waals surface area contributed by atoms with Gasteiger partial charge in [-0.15, -0.1) is 0 Å². The van der Waals surface area contributed by atoms with Gasteiger partial charge < -0.3 is 20.4 Å². The Labute approximate surface area is 206 Å². The van der Waals surface area contributed by atoms with E-state index in [-0.39, 0.29) is 42.8 Å². The van der Waals surface area contributed by atoms with Crippen molar-refractivity contribution < 1.29 is 37.0 Å². The molecular weight excluding hydrogens is 503 g/mol. The Morgan fingerprint density at radius 1 is 1.05 bits per heavy atom. The van der Waals surface area contributed by atoms with E-state index in [2.05, 4.69) is 4.98 Å². The van der Waals surface area contributed by atoms with E-state index in [0.29, 0.717) is 0 Å². The molecule has 3 N–H and O–H groups in total. The van der Waals surface area contributed by atoms with Crippen molar-refractivity contribution in [2.45, 2.75) is 37.3 Å². The Morgan fingerprint density at radius 3 is 2.24 bits per heavy atom. The lowest BCUT2D eigenvalue weighted by atomic mass is 10.1. The maximum atomic E-state index is 14.8. The van der Waals surface area contributed by atoms with Gasteiger partial charge in [0.15, 0.2) is 5.65 Å². The summed E-state index contributed by atoms with van der Waals surface area (Å²) in [4.78, 5) is 31.9. The van der Waals surface area contributed by atoms with Crippen LogP contribution in [0.4, 0.5) is 27.8 Å². The molecule has 1 aromatic carbocycles. The summed E-state index contributed by atoms with van der Waals surface area (Å²) >= 11 is 0. The molecule has 5 rings (SSSR count). The SMILES string of the molecule is O=C(NC(C1CC1)C(F)(F)F)c1cn(-c2c(F)cccc2F)c2nc(N3C[C@@H](O)[C@H](O)C3)ccc2c1=O. The normalized spacial score (nSPS) is 20.9. The van der Waals surface area contributed by atoms with Crippen LogP contribution in [0.1, 0.15) is 23.2 Å². The molecule has 0 bridgehead atoms. The number of β-amino-alcohol motifs (C(OH)–C–C–N with tert-alkyl or cyclic N) is 2. The second-order valence-corrected chi connectivity index (χ2v) is 9.22. The standard InChI is InChI=1S/C24H21F5N4O4/c25-14-2-1-3-15(26)19(14)33-8-13(23(37)31-21(11-4-5-11)24(27,28)29)20(36)12-6-7-18(30-22(12)33)32-9-16(34)17(35)10-32/h1-3,6-8,11,16-17,21,34-35H,4-5,9-10H2,(H,31,37)/t16-,17-,21?/m1/s1. The number of hydrogen-bond donors (Lipinski definition) is 3. The lowest BCUT2D eigenvalue weighted by molar-refractivity contribution is -0.158. The average molecular weight is 524 g/mol. The van der Waals surface area contributed by atoms with Crippen LogP contribution in [0.3, 0.4) is 0 Å². The number of amides is 1. The summed E-state index contributed by atoms with van der Waals surface area (Å²) in [6, 6.07) is 3.38. The number of alkyl halides is 3. The van der Waals surface area contributed by atoms with Crippen LogP contribution in [0.25, 0.3) is 16.7 Å². The minimum Gasteiger partial charge on any atom is -0.389 e. The number of carbonyl (C=O) groups is 1. The maximum absolute atomic E-state index is 14.8. The highest BCUT2D eigenvalue weighted by molar-refractivity contribution is 5.97. The topological polar surface area (TPSA) is 108 Å². The van der Waals surface area contributed by atoms with E-state index in [4.69, 9.17) is 0 Å². The summed E-state index contributed by atoms with van der Waals surface area (Å²) in [5, 5.41) is 21.3. The molecule has 3 atom stereocenters. The molecule has 1 amide bonds. The van der Waals surface area contributed by atoms with Crippen molar-refractivity contribution in [3.8, 4) is 5.69 Å². The number of nitrogens with zero attached hydrogens (tertiary/aromatic N) is 3. The Kier molecular flexibility index (Phi) is 6.15. The number of halogens is 5. The fraction of sp³-hybridized carbons (Fsp3) is 0.375. The van der Waals surface area contributed by atoms with Crippen molar-refractivity contribution in [2.24, 2.45) is 5.92 Å². The zero-order valence-corrected chi connectivity index (χ0v) is 19.0. The van der Waals surface area contributed by atoms with Crippen LogP contribution in [0, 0.1) is 17.6 Å². The summed E-state index contributed by atoms with van der Waals surface area (Å²) in [6.45, 7) is -0.00307. The molecule has 2 fully saturated rings. The molecule has 1 aliphatic carbocycles. The van der Waals surface area contributed by atoms with E-state index in [1.165, 1.54) is 17.0 Å². The summed E-state index contributed by atoms with van der Waals surface area (Å²) in [6.07, 6.45) is -5.58. The molecule has 1 aliphatic heterocycles. The van der Waals surface area contributed by atoms with Gasteiger partial charge in [0.2, 0.25) is 5.43 Å². The number of carbonyl (C=O) groups excluding carboxylic acids is 1. The summed E-state index contributed by atoms with van der Waals surface area (Å²) in [5.41, 5.74) is -2.68. The molecule has 0 spiro atoms. The summed E-state index contributed by atoms with van der Waals surface area (Å²) in [5.74, 6) is -4.12. The largest absolute Gasteiger partial charge is 0.408 e. The number of fused-ring (bicyclic) bond motifs is 1. The Balaban J connectivity index is 1.67. The van der Waals surface area contributed by atoms with Crippen LogP contribution in [-0.4, -0.2) is 63.2 Å². The summed E-state index contributed by atoms with van der Waals surface area (Å²) in [7, 11) is 0. The first kappa shape index (κ1) is 25.1. The average Bonchev–Trinajstić information content (AvgIpc) is 3.61. The highest BCUT2D eigenvalue weighted by Crippen LogP contribution is 2.40. The molecule has 8 nitrogen and oxygen atoms in total. The monoisotopic (exact) mass is 524 g/mol. The quantitative estimate of drug-likeness (QED) is 0.442. The molecule has 3 heterocycles. The summed E-state index contributed by atoms with van der Waals surface area (Å²) < 4.78 is 70.9. The van der Waals surface area contributed by atoms with Gasteiger partial charge in [-0.3, -0.25) is 14.2 Å². The first-order valence-electron chi connectivity index (χ1n) is 11.4. The number of anilines is 1. The first-order valence-corrected chi connectivity index (χ1v) is 11.4. The first-order chi connectivity index (χ1) is 17.5. The van der Waals surface area contributed by atoms with Gasteiger partial charge in [-0.2, -0.15) is 13.2 Å². The third-order valence-electron chi connectivity index (χ3n) is 6.57. The van der Waals surface area contributed by atoms with Crippen molar-refractivity contribution >= 4 is 22.8 Å². The predicted molar refractivity (Wildman–Crippen MR) is 122 cm³/mol. The highest BCUT2D eigenvalue weighted by Gasteiger charge is 2.50. The molecule has 1 saturated heterocycles. The molecule has 2 aromatic heterocycles. The lowest BCUT2D eigenvalue weighted by Crippen LogP contribution is -2.48. The minimum atomic E-state index is -4.74. The van der Waals surface area contributed by atoms with Gasteiger partial charge >= 0.3 is 6.18 Å². The maximum Gasteiger partial charge on any atom is 0.408 e. The van der Waals surface area contributed by atoms with E-state index in [1.54, 1.807) is 0 Å². The van der Waals surface area contributed by atoms with Gasteiger partial charge in [0, 0.05) is 19.3 Å². The van der Waals surface area contributed by atoms with Crippen molar-refractivity contribution in [1.82, 2.24) is 14.9 Å². The smallest absolute Gasteiger partial charge is 0.389 e. The van der Waals surface area contributed by atoms with Gasteiger partial charge in [-0.05, 0) is 43.0 Å². The molecule has 0 radical (unpaired) electrons. The molecule has 3 aromatic rings. The minimum absolute atomic E-state index is 0.00154. The molecule has 1 saturated carbocycles. The zero-order valence-electron chi connectivity index (χ0n) is 19.0. The van der Waals surface area contributed by atoms with Crippen LogP contribution in [0.15, 0.2) is 41.3 Å².